The molecule has 0 atom stereocenters. The molecule has 5 rings (SSSR count). The average Bonchev–Trinajstić information content (AvgIpc) is 3.25. The highest BCUT2D eigenvalue weighted by atomic mass is 32.2. The van der Waals surface area contributed by atoms with E-state index in [2.05, 4.69) is 51.9 Å². The SMILES string of the molecule is C=C([B-](n1c(=S)sc2ccccc21)n1c(=[S+])sc2ccccc21)c1ccccc1. The van der Waals surface area contributed by atoms with E-state index in [0.29, 0.717) is 0 Å². The monoisotopic (exact) mass is 446 g/mol. The number of hydrogen-bond donors (Lipinski definition) is 0. The fourth-order valence-electron chi connectivity index (χ4n) is 3.66. The molecule has 0 fully saturated rings. The van der Waals surface area contributed by atoms with Crippen LogP contribution in [0.25, 0.3) is 25.9 Å². The molecule has 0 aliphatic carbocycles. The normalized spacial score (nSPS) is 11.5. The summed E-state index contributed by atoms with van der Waals surface area (Å²) in [7, 11) is 0. The van der Waals surface area contributed by atoms with Crippen molar-refractivity contribution in [2.45, 2.75) is 0 Å². The maximum Gasteiger partial charge on any atom is 0.351 e. The predicted molar refractivity (Wildman–Crippen MR) is 133 cm³/mol. The molecular formula is C22H15BN2S4. The summed E-state index contributed by atoms with van der Waals surface area (Å²) in [6.07, 6.45) is 0. The van der Waals surface area contributed by atoms with Gasteiger partial charge in [0.1, 0.15) is 22.3 Å². The van der Waals surface area contributed by atoms with Gasteiger partial charge in [0.2, 0.25) is 0 Å². The van der Waals surface area contributed by atoms with Crippen LogP contribution in [0.5, 0.6) is 0 Å². The standard InChI is InChI=1S/C22H15BN2S4/c1-15(16-9-3-2-4-10-16)23(24-17-11-5-7-13-19(17)28-21(24)26)25-18-12-6-8-14-20(18)29-22(25)27/h2-14H,1H2. The molecule has 0 aliphatic heterocycles. The lowest BCUT2D eigenvalue weighted by molar-refractivity contribution is 1.13. The second-order valence-corrected chi connectivity index (χ2v) is 10.0. The number of thiazole rings is 2. The van der Waals surface area contributed by atoms with E-state index in [1.807, 2.05) is 42.5 Å². The number of para-hydroxylation sites is 2. The van der Waals surface area contributed by atoms with E-state index >= 15 is 0 Å². The van der Waals surface area contributed by atoms with Gasteiger partial charge in [0.05, 0.1) is 0 Å². The van der Waals surface area contributed by atoms with E-state index in [4.69, 9.17) is 24.4 Å². The maximum atomic E-state index is 5.83. The first-order valence-electron chi connectivity index (χ1n) is 9.09. The predicted octanol–water partition coefficient (Wildman–Crippen LogP) is 6.66. The van der Waals surface area contributed by atoms with Crippen LogP contribution in [0, 0.1) is 7.91 Å². The van der Waals surface area contributed by atoms with Crippen molar-refractivity contribution < 1.29 is 0 Å². The first kappa shape index (κ1) is 18.7. The maximum absolute atomic E-state index is 5.83. The molecule has 0 amide bonds. The summed E-state index contributed by atoms with van der Waals surface area (Å²) in [4.78, 5) is 0. The summed E-state index contributed by atoms with van der Waals surface area (Å²) >= 11 is 14.9. The van der Waals surface area contributed by atoms with Gasteiger partial charge < -0.3 is 8.96 Å². The summed E-state index contributed by atoms with van der Waals surface area (Å²) in [5.41, 5.74) is 4.24. The number of fused-ring (bicyclic) bond motifs is 2. The zero-order chi connectivity index (χ0) is 20.0. The van der Waals surface area contributed by atoms with Gasteiger partial charge in [0.15, 0.2) is 4.70 Å². The fourth-order valence-corrected chi connectivity index (χ4v) is 6.40. The molecule has 0 saturated heterocycles. The minimum atomic E-state index is -0.232. The topological polar surface area (TPSA) is 9.86 Å². The summed E-state index contributed by atoms with van der Waals surface area (Å²) < 4.78 is 8.33. The zero-order valence-electron chi connectivity index (χ0n) is 15.3. The van der Waals surface area contributed by atoms with Gasteiger partial charge in [0, 0.05) is 15.7 Å². The Morgan fingerprint density at radius 1 is 0.793 bits per heavy atom. The Kier molecular flexibility index (Phi) is 4.83. The van der Waals surface area contributed by atoms with Crippen LogP contribution in [0.2, 0.25) is 0 Å². The molecule has 0 saturated carbocycles. The molecule has 7 heteroatoms. The molecule has 0 aliphatic rings. The van der Waals surface area contributed by atoms with Gasteiger partial charge >= 0.3 is 3.95 Å². The number of hydrogen-bond acceptors (Lipinski definition) is 4. The van der Waals surface area contributed by atoms with Crippen molar-refractivity contribution in [3.8, 4) is 0 Å². The lowest BCUT2D eigenvalue weighted by atomic mass is 9.64. The number of nitrogens with zero attached hydrogens (tertiary/aromatic N) is 2. The number of aromatic nitrogens is 2. The van der Waals surface area contributed by atoms with Gasteiger partial charge in [-0.05, 0) is 24.3 Å². The fraction of sp³-hybridized carbons (Fsp3) is 0. The van der Waals surface area contributed by atoms with Crippen molar-refractivity contribution in [3.05, 3.63) is 98.9 Å². The van der Waals surface area contributed by atoms with Gasteiger partial charge in [-0.25, -0.2) is 0 Å². The highest BCUT2D eigenvalue weighted by Gasteiger charge is 2.20. The summed E-state index contributed by atoms with van der Waals surface area (Å²) in [5.74, 6) is 0. The van der Waals surface area contributed by atoms with E-state index < -0.39 is 0 Å². The highest BCUT2D eigenvalue weighted by Crippen LogP contribution is 2.31. The van der Waals surface area contributed by atoms with Crippen molar-refractivity contribution in [2.24, 2.45) is 0 Å². The molecular weight excluding hydrogens is 431 g/mol. The van der Waals surface area contributed by atoms with Crippen molar-refractivity contribution in [1.29, 1.82) is 0 Å². The molecule has 0 spiro atoms. The molecule has 0 N–H and O–H groups in total. The van der Waals surface area contributed by atoms with Crippen LogP contribution in [-0.2, 0) is 12.2 Å². The summed E-state index contributed by atoms with van der Waals surface area (Å²) in [5, 5.41) is 0. The highest BCUT2D eigenvalue weighted by molar-refractivity contribution is 7.73. The van der Waals surface area contributed by atoms with Gasteiger partial charge in [-0.1, -0.05) is 72.4 Å². The Hall–Kier alpha value is -2.32. The molecule has 29 heavy (non-hydrogen) atoms. The second kappa shape index (κ2) is 7.50. The van der Waals surface area contributed by atoms with E-state index in [-0.39, 0.29) is 6.98 Å². The van der Waals surface area contributed by atoms with Crippen molar-refractivity contribution >= 4 is 80.0 Å². The van der Waals surface area contributed by atoms with Crippen LogP contribution in [0.4, 0.5) is 0 Å². The van der Waals surface area contributed by atoms with Gasteiger partial charge in [-0.3, -0.25) is 0 Å². The molecule has 2 heterocycles. The van der Waals surface area contributed by atoms with Crippen molar-refractivity contribution in [2.75, 3.05) is 0 Å². The first-order valence-corrected chi connectivity index (χ1v) is 11.5. The largest absolute Gasteiger partial charge is 0.501 e. The first-order chi connectivity index (χ1) is 14.1. The van der Waals surface area contributed by atoms with Gasteiger partial charge in [-0.2, -0.15) is 5.47 Å². The Balaban J connectivity index is 1.86. The minimum Gasteiger partial charge on any atom is -0.501 e. The molecule has 2 aromatic heterocycles. The lowest BCUT2D eigenvalue weighted by Crippen LogP contribution is -2.35. The smallest absolute Gasteiger partial charge is 0.351 e. The average molecular weight is 446 g/mol. The quantitative estimate of drug-likeness (QED) is 0.173. The molecule has 140 valence electrons. The molecule has 3 aromatic carbocycles. The third kappa shape index (κ3) is 3.15. The second-order valence-electron chi connectivity index (χ2n) is 6.68. The van der Waals surface area contributed by atoms with Crippen LogP contribution < -0.4 is 0 Å². The Morgan fingerprint density at radius 2 is 1.34 bits per heavy atom. The molecule has 0 bridgehead atoms. The number of rotatable bonds is 4. The van der Waals surface area contributed by atoms with Crippen LogP contribution in [0.3, 0.4) is 0 Å². The molecule has 2 nitrogen and oxygen atoms in total. The van der Waals surface area contributed by atoms with Crippen molar-refractivity contribution in [3.63, 3.8) is 0 Å². The van der Waals surface area contributed by atoms with Crippen LogP contribution in [0.1, 0.15) is 5.56 Å². The Morgan fingerprint density at radius 3 is 2.03 bits per heavy atom. The zero-order valence-corrected chi connectivity index (χ0v) is 18.6. The third-order valence-corrected chi connectivity index (χ3v) is 7.75. The van der Waals surface area contributed by atoms with E-state index in [1.165, 1.54) is 0 Å². The Labute approximate surface area is 187 Å². The van der Waals surface area contributed by atoms with Gasteiger partial charge in [-0.15, -0.1) is 17.9 Å². The van der Waals surface area contributed by atoms with E-state index in [1.54, 1.807) is 22.7 Å². The molecule has 0 unspecified atom stereocenters. The lowest BCUT2D eigenvalue weighted by Gasteiger charge is -2.34. The van der Waals surface area contributed by atoms with Crippen LogP contribution in [0.15, 0.2) is 85.4 Å². The van der Waals surface area contributed by atoms with E-state index in [9.17, 15) is 0 Å². The minimum absolute atomic E-state index is 0.232. The Bertz CT molecular complexity index is 1390. The van der Waals surface area contributed by atoms with Crippen LogP contribution >= 0.6 is 34.9 Å². The van der Waals surface area contributed by atoms with Gasteiger partial charge in [0.25, 0.3) is 12.2 Å². The third-order valence-electron chi connectivity index (χ3n) is 4.98. The van der Waals surface area contributed by atoms with Crippen LogP contribution in [-0.4, -0.2) is 15.9 Å². The summed E-state index contributed by atoms with van der Waals surface area (Å²) in [6.45, 7) is 4.28. The van der Waals surface area contributed by atoms with E-state index in [0.717, 1.165) is 39.4 Å². The summed E-state index contributed by atoms with van der Waals surface area (Å²) in [6, 6.07) is 26.9. The number of benzene rings is 3. The molecule has 5 aromatic rings. The van der Waals surface area contributed by atoms with Crippen molar-refractivity contribution in [1.82, 2.24) is 8.96 Å². The molecule has 2 radical (unpaired) electrons.